The summed E-state index contributed by atoms with van der Waals surface area (Å²) in [6, 6.07) is 14.2. The zero-order valence-electron chi connectivity index (χ0n) is 18.7. The minimum atomic E-state index is -0.407. The molecule has 3 N–H and O–H groups in total. The molecule has 0 heterocycles. The standard InChI is InChI=1S/C25H33N3O2/c1-16-11-18(23(26)29)12-17(2)21(16)13-20(28(4)5)15-27-24(30)22-14-25(22,3)19-9-7-6-8-10-19/h6-12,20,22H,13-15H2,1-5H3,(H2,26,29)(H,27,30)/t20-,22?,25?/m0/s1. The van der Waals surface area contributed by atoms with Crippen molar-refractivity contribution in [2.75, 3.05) is 20.6 Å². The third kappa shape index (κ3) is 4.57. The number of hydrogen-bond acceptors (Lipinski definition) is 3. The van der Waals surface area contributed by atoms with E-state index in [0.29, 0.717) is 12.1 Å². The van der Waals surface area contributed by atoms with Gasteiger partial charge < -0.3 is 16.0 Å². The quantitative estimate of drug-likeness (QED) is 0.706. The van der Waals surface area contributed by atoms with Crippen LogP contribution in [0.3, 0.4) is 0 Å². The van der Waals surface area contributed by atoms with Crippen molar-refractivity contribution in [3.63, 3.8) is 0 Å². The Morgan fingerprint density at radius 3 is 2.30 bits per heavy atom. The molecule has 2 aromatic rings. The van der Waals surface area contributed by atoms with E-state index >= 15 is 0 Å². The number of primary amides is 1. The number of amides is 2. The molecule has 2 unspecified atom stereocenters. The van der Waals surface area contributed by atoms with Crippen molar-refractivity contribution in [2.24, 2.45) is 11.7 Å². The van der Waals surface area contributed by atoms with E-state index in [0.717, 1.165) is 24.0 Å². The number of carbonyl (C=O) groups excluding carboxylic acids is 2. The van der Waals surface area contributed by atoms with Crippen LogP contribution in [0.5, 0.6) is 0 Å². The first kappa shape index (κ1) is 22.0. The number of nitrogens with zero attached hydrogens (tertiary/aromatic N) is 1. The highest BCUT2D eigenvalue weighted by molar-refractivity contribution is 5.93. The summed E-state index contributed by atoms with van der Waals surface area (Å²) in [5, 5.41) is 3.19. The summed E-state index contributed by atoms with van der Waals surface area (Å²) in [5.74, 6) is -0.248. The monoisotopic (exact) mass is 407 g/mol. The molecule has 160 valence electrons. The molecule has 0 spiro atoms. The van der Waals surface area contributed by atoms with Gasteiger partial charge in [-0.25, -0.2) is 0 Å². The topological polar surface area (TPSA) is 75.4 Å². The predicted molar refractivity (Wildman–Crippen MR) is 121 cm³/mol. The fourth-order valence-corrected chi connectivity index (χ4v) is 4.36. The average molecular weight is 408 g/mol. The number of rotatable bonds is 8. The molecule has 30 heavy (non-hydrogen) atoms. The largest absolute Gasteiger partial charge is 0.366 e. The Balaban J connectivity index is 1.65. The number of carbonyl (C=O) groups is 2. The van der Waals surface area contributed by atoms with Gasteiger partial charge >= 0.3 is 0 Å². The molecular formula is C25H33N3O2. The number of nitrogens with two attached hydrogens (primary N) is 1. The Morgan fingerprint density at radius 1 is 1.17 bits per heavy atom. The molecule has 3 rings (SSSR count). The molecule has 1 aliphatic rings. The van der Waals surface area contributed by atoms with E-state index in [1.807, 2.05) is 58.3 Å². The Kier molecular flexibility index (Phi) is 6.32. The van der Waals surface area contributed by atoms with Crippen LogP contribution in [0.15, 0.2) is 42.5 Å². The van der Waals surface area contributed by atoms with Crippen molar-refractivity contribution in [1.82, 2.24) is 10.2 Å². The van der Waals surface area contributed by atoms with Gasteiger partial charge in [0.15, 0.2) is 0 Å². The summed E-state index contributed by atoms with van der Waals surface area (Å²) in [6.45, 7) is 6.78. The maximum Gasteiger partial charge on any atom is 0.248 e. The molecule has 0 bridgehead atoms. The van der Waals surface area contributed by atoms with E-state index in [9.17, 15) is 9.59 Å². The van der Waals surface area contributed by atoms with Crippen LogP contribution in [0.25, 0.3) is 0 Å². The van der Waals surface area contributed by atoms with Crippen LogP contribution in [-0.2, 0) is 16.6 Å². The lowest BCUT2D eigenvalue weighted by molar-refractivity contribution is -0.122. The average Bonchev–Trinajstić information content (AvgIpc) is 3.40. The van der Waals surface area contributed by atoms with Crippen LogP contribution in [0, 0.1) is 19.8 Å². The second kappa shape index (κ2) is 8.60. The second-order valence-corrected chi connectivity index (χ2v) is 9.06. The first-order valence-corrected chi connectivity index (χ1v) is 10.5. The lowest BCUT2D eigenvalue weighted by Crippen LogP contribution is -2.42. The van der Waals surface area contributed by atoms with Gasteiger partial charge in [-0.05, 0) is 75.2 Å². The van der Waals surface area contributed by atoms with Gasteiger partial charge in [-0.1, -0.05) is 37.3 Å². The number of aryl methyl sites for hydroxylation is 2. The molecule has 1 fully saturated rings. The number of hydrogen-bond donors (Lipinski definition) is 2. The minimum Gasteiger partial charge on any atom is -0.366 e. The fourth-order valence-electron chi connectivity index (χ4n) is 4.36. The maximum absolute atomic E-state index is 12.8. The van der Waals surface area contributed by atoms with Crippen molar-refractivity contribution in [3.8, 4) is 0 Å². The molecule has 1 saturated carbocycles. The van der Waals surface area contributed by atoms with Crippen LogP contribution in [0.2, 0.25) is 0 Å². The van der Waals surface area contributed by atoms with Gasteiger partial charge in [0, 0.05) is 29.5 Å². The van der Waals surface area contributed by atoms with E-state index < -0.39 is 5.91 Å². The molecule has 0 saturated heterocycles. The van der Waals surface area contributed by atoms with Gasteiger partial charge in [-0.15, -0.1) is 0 Å². The molecule has 0 radical (unpaired) electrons. The van der Waals surface area contributed by atoms with Crippen LogP contribution in [-0.4, -0.2) is 43.4 Å². The molecule has 0 aliphatic heterocycles. The van der Waals surface area contributed by atoms with E-state index in [1.54, 1.807) is 0 Å². The van der Waals surface area contributed by atoms with Crippen LogP contribution < -0.4 is 11.1 Å². The molecular weight excluding hydrogens is 374 g/mol. The lowest BCUT2D eigenvalue weighted by atomic mass is 9.93. The molecule has 2 amide bonds. The van der Waals surface area contributed by atoms with E-state index in [4.69, 9.17) is 5.73 Å². The molecule has 2 aromatic carbocycles. The summed E-state index contributed by atoms with van der Waals surface area (Å²) < 4.78 is 0. The highest BCUT2D eigenvalue weighted by Gasteiger charge is 2.55. The van der Waals surface area contributed by atoms with Gasteiger partial charge in [0.1, 0.15) is 0 Å². The van der Waals surface area contributed by atoms with Crippen LogP contribution in [0.1, 0.15) is 46.0 Å². The highest BCUT2D eigenvalue weighted by Crippen LogP contribution is 2.53. The smallest absolute Gasteiger partial charge is 0.248 e. The third-order valence-corrected chi connectivity index (χ3v) is 6.65. The first-order valence-electron chi connectivity index (χ1n) is 10.5. The normalized spacial score (nSPS) is 21.3. The van der Waals surface area contributed by atoms with Crippen molar-refractivity contribution in [3.05, 3.63) is 70.3 Å². The molecule has 5 nitrogen and oxygen atoms in total. The summed E-state index contributed by atoms with van der Waals surface area (Å²) in [4.78, 5) is 26.5. The van der Waals surface area contributed by atoms with Crippen molar-refractivity contribution < 1.29 is 9.59 Å². The van der Waals surface area contributed by atoms with Crippen LogP contribution >= 0.6 is 0 Å². The Morgan fingerprint density at radius 2 is 1.77 bits per heavy atom. The number of benzene rings is 2. The highest BCUT2D eigenvalue weighted by atomic mass is 16.2. The predicted octanol–water partition coefficient (Wildman–Crippen LogP) is 2.97. The van der Waals surface area contributed by atoms with Gasteiger partial charge in [-0.3, -0.25) is 9.59 Å². The molecule has 1 aliphatic carbocycles. The summed E-state index contributed by atoms with van der Waals surface area (Å²) in [6.07, 6.45) is 1.69. The van der Waals surface area contributed by atoms with Gasteiger partial charge in [0.2, 0.25) is 11.8 Å². The van der Waals surface area contributed by atoms with Crippen LogP contribution in [0.4, 0.5) is 0 Å². The zero-order valence-corrected chi connectivity index (χ0v) is 18.7. The Bertz CT molecular complexity index is 916. The van der Waals surface area contributed by atoms with Gasteiger partial charge in [0.25, 0.3) is 0 Å². The minimum absolute atomic E-state index is 0.0287. The molecule has 3 atom stereocenters. The lowest BCUT2D eigenvalue weighted by Gasteiger charge is -2.26. The van der Waals surface area contributed by atoms with Crippen molar-refractivity contribution >= 4 is 11.8 Å². The van der Waals surface area contributed by atoms with E-state index in [1.165, 1.54) is 11.1 Å². The van der Waals surface area contributed by atoms with E-state index in [2.05, 4.69) is 29.3 Å². The molecule has 5 heteroatoms. The Labute approximate surface area is 179 Å². The Hall–Kier alpha value is -2.66. The van der Waals surface area contributed by atoms with E-state index in [-0.39, 0.29) is 23.3 Å². The maximum atomic E-state index is 12.8. The fraction of sp³-hybridized carbons (Fsp3) is 0.440. The SMILES string of the molecule is Cc1cc(C(N)=O)cc(C)c1C[C@@H](CNC(=O)C1CC1(C)c1ccccc1)N(C)C. The summed E-state index contributed by atoms with van der Waals surface area (Å²) in [5.41, 5.74) is 10.5. The van der Waals surface area contributed by atoms with Crippen molar-refractivity contribution in [1.29, 1.82) is 0 Å². The van der Waals surface area contributed by atoms with Gasteiger partial charge in [0.05, 0.1) is 0 Å². The van der Waals surface area contributed by atoms with Gasteiger partial charge in [-0.2, -0.15) is 0 Å². The summed E-state index contributed by atoms with van der Waals surface area (Å²) in [7, 11) is 4.06. The second-order valence-electron chi connectivity index (χ2n) is 9.06. The molecule has 0 aromatic heterocycles. The summed E-state index contributed by atoms with van der Waals surface area (Å²) >= 11 is 0. The first-order chi connectivity index (χ1) is 14.1. The third-order valence-electron chi connectivity index (χ3n) is 6.65. The van der Waals surface area contributed by atoms with Crippen molar-refractivity contribution in [2.45, 2.75) is 45.1 Å². The zero-order chi connectivity index (χ0) is 22.1. The number of likely N-dealkylation sites (N-methyl/N-ethyl adjacent to an activating group) is 1. The number of nitrogens with one attached hydrogen (secondary N) is 1.